The van der Waals surface area contributed by atoms with E-state index >= 15 is 0 Å². The molecule has 0 radical (unpaired) electrons. The van der Waals surface area contributed by atoms with Gasteiger partial charge >= 0.3 is 0 Å². The monoisotopic (exact) mass is 441 g/mol. The molecule has 3 rings (SSSR count). The maximum absolute atomic E-state index is 12.6. The number of aromatic nitrogens is 1. The summed E-state index contributed by atoms with van der Waals surface area (Å²) in [5.41, 5.74) is 0.453. The Morgan fingerprint density at radius 2 is 1.77 bits per heavy atom. The van der Waals surface area contributed by atoms with Crippen LogP contribution in [0.25, 0.3) is 0 Å². The Bertz CT molecular complexity index is 1120. The Hall–Kier alpha value is -3.59. The number of hydrogen-bond donors (Lipinski definition) is 2. The molecule has 0 saturated carbocycles. The highest BCUT2D eigenvalue weighted by molar-refractivity contribution is 7.92. The number of carbonyl (C=O) groups excluding carboxylic acids is 1. The van der Waals surface area contributed by atoms with Crippen molar-refractivity contribution in [3.05, 3.63) is 72.9 Å². The first-order chi connectivity index (χ1) is 14.9. The molecule has 2 N–H and O–H groups in total. The minimum absolute atomic E-state index is 0.0517. The van der Waals surface area contributed by atoms with E-state index in [-0.39, 0.29) is 16.6 Å². The maximum Gasteiger partial charge on any atom is 0.265 e. The van der Waals surface area contributed by atoms with E-state index in [1.54, 1.807) is 49.6 Å². The summed E-state index contributed by atoms with van der Waals surface area (Å²) in [6.07, 6.45) is 1.22. The quantitative estimate of drug-likeness (QED) is 0.525. The van der Waals surface area contributed by atoms with Crippen molar-refractivity contribution >= 4 is 27.4 Å². The molecule has 0 saturated heterocycles. The van der Waals surface area contributed by atoms with Gasteiger partial charge < -0.3 is 14.8 Å². The lowest BCUT2D eigenvalue weighted by Gasteiger charge is -2.18. The van der Waals surface area contributed by atoms with Crippen molar-refractivity contribution < 1.29 is 22.7 Å². The zero-order valence-electron chi connectivity index (χ0n) is 17.1. The SMILES string of the molecule is CC[C@@H](Oc1cccc(OC)c1)C(=O)Nc1ccc(S(=O)(=O)Nc2ccccn2)cc1. The first-order valence-corrected chi connectivity index (χ1v) is 11.0. The molecule has 8 nitrogen and oxygen atoms in total. The number of rotatable bonds is 9. The molecule has 1 amide bonds. The molecule has 1 aromatic heterocycles. The average molecular weight is 442 g/mol. The molecular formula is C22H23N3O5S. The smallest absolute Gasteiger partial charge is 0.265 e. The molecule has 9 heteroatoms. The fourth-order valence-corrected chi connectivity index (χ4v) is 3.73. The van der Waals surface area contributed by atoms with Gasteiger partial charge in [0.05, 0.1) is 12.0 Å². The Labute approximate surface area is 181 Å². The lowest BCUT2D eigenvalue weighted by Crippen LogP contribution is -2.32. The van der Waals surface area contributed by atoms with E-state index in [9.17, 15) is 13.2 Å². The third-order valence-electron chi connectivity index (χ3n) is 4.32. The number of benzene rings is 2. The van der Waals surface area contributed by atoms with Gasteiger partial charge in [-0.25, -0.2) is 13.4 Å². The Morgan fingerprint density at radius 3 is 2.42 bits per heavy atom. The molecule has 2 aromatic carbocycles. The lowest BCUT2D eigenvalue weighted by molar-refractivity contribution is -0.122. The number of anilines is 2. The molecule has 0 fully saturated rings. The van der Waals surface area contributed by atoms with Gasteiger partial charge in [0.2, 0.25) is 0 Å². The number of nitrogens with zero attached hydrogens (tertiary/aromatic N) is 1. The molecule has 3 aromatic rings. The van der Waals surface area contributed by atoms with Gasteiger partial charge in [-0.15, -0.1) is 0 Å². The number of pyridine rings is 1. The highest BCUT2D eigenvalue weighted by atomic mass is 32.2. The van der Waals surface area contributed by atoms with Gasteiger partial charge in [-0.1, -0.05) is 19.1 Å². The predicted molar refractivity (Wildman–Crippen MR) is 118 cm³/mol. The van der Waals surface area contributed by atoms with Gasteiger partial charge in [-0.05, 0) is 55.0 Å². The van der Waals surface area contributed by atoms with Crippen LogP contribution in [0, 0.1) is 0 Å². The van der Waals surface area contributed by atoms with Gasteiger partial charge in [0.25, 0.3) is 15.9 Å². The molecule has 1 heterocycles. The molecular weight excluding hydrogens is 418 g/mol. The molecule has 0 unspecified atom stereocenters. The van der Waals surface area contributed by atoms with Gasteiger partial charge in [-0.3, -0.25) is 9.52 Å². The van der Waals surface area contributed by atoms with Crippen LogP contribution in [0.5, 0.6) is 11.5 Å². The van der Waals surface area contributed by atoms with E-state index in [1.165, 1.54) is 30.5 Å². The standard InChI is InChI=1S/C22H23N3O5S/c1-3-20(30-18-8-6-7-17(15-18)29-2)22(26)24-16-10-12-19(13-11-16)31(27,28)25-21-9-4-5-14-23-21/h4-15,20H,3H2,1-2H3,(H,23,25)(H,24,26)/t20-/m1/s1. The summed E-state index contributed by atoms with van der Waals surface area (Å²) in [5.74, 6) is 1.03. The number of nitrogens with one attached hydrogen (secondary N) is 2. The summed E-state index contributed by atoms with van der Waals surface area (Å²) in [7, 11) is -2.23. The van der Waals surface area contributed by atoms with Crippen molar-refractivity contribution in [1.29, 1.82) is 0 Å². The third-order valence-corrected chi connectivity index (χ3v) is 5.69. The highest BCUT2D eigenvalue weighted by Crippen LogP contribution is 2.22. The largest absolute Gasteiger partial charge is 0.497 e. The van der Waals surface area contributed by atoms with E-state index in [0.717, 1.165) is 0 Å². The van der Waals surface area contributed by atoms with Crippen molar-refractivity contribution in [3.63, 3.8) is 0 Å². The lowest BCUT2D eigenvalue weighted by atomic mass is 10.2. The molecule has 0 aliphatic carbocycles. The summed E-state index contributed by atoms with van der Waals surface area (Å²) < 4.78 is 38.3. The highest BCUT2D eigenvalue weighted by Gasteiger charge is 2.20. The van der Waals surface area contributed by atoms with Crippen molar-refractivity contribution in [1.82, 2.24) is 4.98 Å². The van der Waals surface area contributed by atoms with Gasteiger partial charge in [0.1, 0.15) is 17.3 Å². The maximum atomic E-state index is 12.6. The molecule has 0 spiro atoms. The fraction of sp³-hybridized carbons (Fsp3) is 0.182. The number of methoxy groups -OCH3 is 1. The summed E-state index contributed by atoms with van der Waals surface area (Å²) >= 11 is 0. The van der Waals surface area contributed by atoms with E-state index in [1.807, 2.05) is 6.92 Å². The predicted octanol–water partition coefficient (Wildman–Crippen LogP) is 3.69. The summed E-state index contributed by atoms with van der Waals surface area (Å²) in [5, 5.41) is 2.75. The number of sulfonamides is 1. The normalized spacial score (nSPS) is 11.9. The Morgan fingerprint density at radius 1 is 1.03 bits per heavy atom. The minimum Gasteiger partial charge on any atom is -0.497 e. The van der Waals surface area contributed by atoms with Crippen LogP contribution < -0.4 is 19.5 Å². The second-order valence-corrected chi connectivity index (χ2v) is 8.21. The van der Waals surface area contributed by atoms with E-state index in [0.29, 0.717) is 23.6 Å². The van der Waals surface area contributed by atoms with E-state index in [4.69, 9.17) is 9.47 Å². The van der Waals surface area contributed by atoms with Crippen LogP contribution in [-0.2, 0) is 14.8 Å². The zero-order chi connectivity index (χ0) is 22.3. The van der Waals surface area contributed by atoms with Crippen LogP contribution >= 0.6 is 0 Å². The Balaban J connectivity index is 1.65. The van der Waals surface area contributed by atoms with Gasteiger partial charge in [0.15, 0.2) is 6.10 Å². The number of amides is 1. The molecule has 1 atom stereocenters. The number of ether oxygens (including phenoxy) is 2. The van der Waals surface area contributed by atoms with Crippen LogP contribution in [0.3, 0.4) is 0 Å². The first kappa shape index (κ1) is 22.1. The molecule has 0 bridgehead atoms. The molecule has 0 aliphatic rings. The van der Waals surface area contributed by atoms with Crippen molar-refractivity contribution in [2.75, 3.05) is 17.1 Å². The number of hydrogen-bond acceptors (Lipinski definition) is 6. The fourth-order valence-electron chi connectivity index (χ4n) is 2.72. The summed E-state index contributed by atoms with van der Waals surface area (Å²) in [4.78, 5) is 16.6. The number of carbonyl (C=O) groups is 1. The van der Waals surface area contributed by atoms with Gasteiger partial charge in [0, 0.05) is 18.0 Å². The van der Waals surface area contributed by atoms with Crippen LogP contribution in [0.2, 0.25) is 0 Å². The third kappa shape index (κ3) is 5.95. The van der Waals surface area contributed by atoms with Crippen molar-refractivity contribution in [2.45, 2.75) is 24.3 Å². The topological polar surface area (TPSA) is 107 Å². The Kier molecular flexibility index (Phi) is 7.09. The van der Waals surface area contributed by atoms with Crippen molar-refractivity contribution in [2.24, 2.45) is 0 Å². The van der Waals surface area contributed by atoms with E-state index < -0.39 is 16.1 Å². The molecule has 0 aliphatic heterocycles. The van der Waals surface area contributed by atoms with Crippen LogP contribution in [0.1, 0.15) is 13.3 Å². The van der Waals surface area contributed by atoms with Gasteiger partial charge in [-0.2, -0.15) is 0 Å². The average Bonchev–Trinajstić information content (AvgIpc) is 2.78. The van der Waals surface area contributed by atoms with Crippen molar-refractivity contribution in [3.8, 4) is 11.5 Å². The summed E-state index contributed by atoms with van der Waals surface area (Å²) in [6.45, 7) is 1.84. The molecule has 162 valence electrons. The zero-order valence-corrected chi connectivity index (χ0v) is 17.9. The second-order valence-electron chi connectivity index (χ2n) is 6.53. The first-order valence-electron chi connectivity index (χ1n) is 9.57. The minimum atomic E-state index is -3.79. The summed E-state index contributed by atoms with van der Waals surface area (Å²) in [6, 6.07) is 17.8. The van der Waals surface area contributed by atoms with Crippen LogP contribution in [-0.4, -0.2) is 32.5 Å². The van der Waals surface area contributed by atoms with E-state index in [2.05, 4.69) is 15.0 Å². The second kappa shape index (κ2) is 9.94. The molecule has 31 heavy (non-hydrogen) atoms. The van der Waals surface area contributed by atoms with Crippen LogP contribution in [0.4, 0.5) is 11.5 Å². The van der Waals surface area contributed by atoms with Crippen LogP contribution in [0.15, 0.2) is 77.8 Å².